The molecule has 1 heterocycles. The highest BCUT2D eigenvalue weighted by molar-refractivity contribution is 7.89. The summed E-state index contributed by atoms with van der Waals surface area (Å²) in [6.07, 6.45) is 0. The first-order chi connectivity index (χ1) is 11.2. The van der Waals surface area contributed by atoms with Gasteiger partial charge in [0.1, 0.15) is 5.75 Å². The molecule has 2 unspecified atom stereocenters. The standard InChI is InChI=1S/C16H24N2O5S/c1-11-7-12(5-6-15(11)22-4)16(19)17-14-9-23-8-13(14)10-24(20,21)18(2)3/h5-7,13-14H,8-10H2,1-4H3,(H,17,19). The number of methoxy groups -OCH3 is 1. The Kier molecular flexibility index (Phi) is 5.84. The second-order valence-corrected chi connectivity index (χ2v) is 8.35. The van der Waals surface area contributed by atoms with E-state index in [0.717, 1.165) is 5.56 Å². The van der Waals surface area contributed by atoms with E-state index in [1.54, 1.807) is 25.3 Å². The summed E-state index contributed by atoms with van der Waals surface area (Å²) in [5, 5.41) is 2.88. The highest BCUT2D eigenvalue weighted by Gasteiger charge is 2.34. The zero-order valence-electron chi connectivity index (χ0n) is 14.4. The summed E-state index contributed by atoms with van der Waals surface area (Å²) in [6, 6.07) is 4.84. The van der Waals surface area contributed by atoms with Crippen LogP contribution in [0.4, 0.5) is 0 Å². The van der Waals surface area contributed by atoms with Crippen LogP contribution in [0.2, 0.25) is 0 Å². The monoisotopic (exact) mass is 356 g/mol. The molecule has 0 radical (unpaired) electrons. The molecule has 0 saturated carbocycles. The number of carbonyl (C=O) groups excluding carboxylic acids is 1. The van der Waals surface area contributed by atoms with E-state index in [2.05, 4.69) is 5.32 Å². The van der Waals surface area contributed by atoms with Crippen LogP contribution < -0.4 is 10.1 Å². The predicted octanol–water partition coefficient (Wildman–Crippen LogP) is 0.640. The van der Waals surface area contributed by atoms with E-state index in [1.807, 2.05) is 6.92 Å². The lowest BCUT2D eigenvalue weighted by molar-refractivity contribution is 0.0926. The lowest BCUT2D eigenvalue weighted by Gasteiger charge is -2.21. The van der Waals surface area contributed by atoms with Crippen molar-refractivity contribution in [3.05, 3.63) is 29.3 Å². The quantitative estimate of drug-likeness (QED) is 0.809. The van der Waals surface area contributed by atoms with Crippen LogP contribution in [-0.4, -0.2) is 64.8 Å². The minimum atomic E-state index is -3.35. The van der Waals surface area contributed by atoms with Crippen molar-refractivity contribution in [2.45, 2.75) is 13.0 Å². The molecule has 1 saturated heterocycles. The maximum absolute atomic E-state index is 12.4. The van der Waals surface area contributed by atoms with Gasteiger partial charge in [0.15, 0.2) is 0 Å². The van der Waals surface area contributed by atoms with Gasteiger partial charge in [0.05, 0.1) is 32.1 Å². The van der Waals surface area contributed by atoms with E-state index < -0.39 is 10.0 Å². The Bertz CT molecular complexity index is 702. The maximum Gasteiger partial charge on any atom is 0.251 e. The molecule has 0 aliphatic carbocycles. The molecule has 0 bridgehead atoms. The SMILES string of the molecule is COc1ccc(C(=O)NC2COCC2CS(=O)(=O)N(C)C)cc1C. The molecule has 0 spiro atoms. The zero-order valence-corrected chi connectivity index (χ0v) is 15.2. The van der Waals surface area contributed by atoms with Crippen molar-refractivity contribution in [3.63, 3.8) is 0 Å². The lowest BCUT2D eigenvalue weighted by Crippen LogP contribution is -2.43. The van der Waals surface area contributed by atoms with Crippen molar-refractivity contribution in [2.75, 3.05) is 40.2 Å². The number of nitrogens with one attached hydrogen (secondary N) is 1. The van der Waals surface area contributed by atoms with Gasteiger partial charge in [-0.2, -0.15) is 0 Å². The molecule has 24 heavy (non-hydrogen) atoms. The summed E-state index contributed by atoms with van der Waals surface area (Å²) in [6.45, 7) is 2.49. The fraction of sp³-hybridized carbons (Fsp3) is 0.562. The number of hydrogen-bond donors (Lipinski definition) is 1. The van der Waals surface area contributed by atoms with Gasteiger partial charge in [-0.1, -0.05) is 0 Å². The van der Waals surface area contributed by atoms with Gasteiger partial charge in [-0.3, -0.25) is 4.79 Å². The van der Waals surface area contributed by atoms with Crippen molar-refractivity contribution in [1.82, 2.24) is 9.62 Å². The second kappa shape index (κ2) is 7.50. The highest BCUT2D eigenvalue weighted by Crippen LogP contribution is 2.20. The number of rotatable bonds is 6. The van der Waals surface area contributed by atoms with Crippen LogP contribution in [-0.2, 0) is 14.8 Å². The Morgan fingerprint density at radius 3 is 2.67 bits per heavy atom. The van der Waals surface area contributed by atoms with Gasteiger partial charge in [-0.15, -0.1) is 0 Å². The third kappa shape index (κ3) is 4.25. The number of benzene rings is 1. The topological polar surface area (TPSA) is 84.9 Å². The second-order valence-electron chi connectivity index (χ2n) is 6.12. The average Bonchev–Trinajstić information content (AvgIpc) is 2.93. The molecule has 0 aromatic heterocycles. The van der Waals surface area contributed by atoms with E-state index in [4.69, 9.17) is 9.47 Å². The Morgan fingerprint density at radius 1 is 1.38 bits per heavy atom. The van der Waals surface area contributed by atoms with Crippen molar-refractivity contribution >= 4 is 15.9 Å². The molecule has 2 rings (SSSR count). The van der Waals surface area contributed by atoms with Crippen molar-refractivity contribution < 1.29 is 22.7 Å². The minimum absolute atomic E-state index is 0.0490. The Morgan fingerprint density at radius 2 is 2.08 bits per heavy atom. The van der Waals surface area contributed by atoms with Gasteiger partial charge < -0.3 is 14.8 Å². The van der Waals surface area contributed by atoms with Crippen LogP contribution in [0.1, 0.15) is 15.9 Å². The van der Waals surface area contributed by atoms with E-state index in [1.165, 1.54) is 18.4 Å². The lowest BCUT2D eigenvalue weighted by atomic mass is 10.0. The maximum atomic E-state index is 12.4. The summed E-state index contributed by atoms with van der Waals surface area (Å²) >= 11 is 0. The van der Waals surface area contributed by atoms with Crippen LogP contribution >= 0.6 is 0 Å². The van der Waals surface area contributed by atoms with Crippen LogP contribution in [0.15, 0.2) is 18.2 Å². The molecule has 1 aliphatic rings. The summed E-state index contributed by atoms with van der Waals surface area (Å²) in [4.78, 5) is 12.4. The normalized spacial score (nSPS) is 21.0. The molecule has 7 nitrogen and oxygen atoms in total. The average molecular weight is 356 g/mol. The fourth-order valence-corrected chi connectivity index (χ4v) is 3.78. The smallest absolute Gasteiger partial charge is 0.251 e. The minimum Gasteiger partial charge on any atom is -0.496 e. The van der Waals surface area contributed by atoms with E-state index in [9.17, 15) is 13.2 Å². The van der Waals surface area contributed by atoms with Gasteiger partial charge in [-0.05, 0) is 30.7 Å². The molecular formula is C16H24N2O5S. The van der Waals surface area contributed by atoms with E-state index in [0.29, 0.717) is 24.5 Å². The van der Waals surface area contributed by atoms with Gasteiger partial charge in [0, 0.05) is 25.6 Å². The fourth-order valence-electron chi connectivity index (χ4n) is 2.61. The number of carbonyl (C=O) groups is 1. The zero-order chi connectivity index (χ0) is 17.9. The molecule has 1 aromatic rings. The Labute approximate surface area is 143 Å². The van der Waals surface area contributed by atoms with Crippen LogP contribution in [0.25, 0.3) is 0 Å². The summed E-state index contributed by atoms with van der Waals surface area (Å²) in [5.41, 5.74) is 1.37. The van der Waals surface area contributed by atoms with Gasteiger partial charge in [-0.25, -0.2) is 12.7 Å². The van der Waals surface area contributed by atoms with Gasteiger partial charge in [0.2, 0.25) is 10.0 Å². The van der Waals surface area contributed by atoms with Gasteiger partial charge >= 0.3 is 0 Å². The number of sulfonamides is 1. The first-order valence-corrected chi connectivity index (χ1v) is 9.29. The van der Waals surface area contributed by atoms with Gasteiger partial charge in [0.25, 0.3) is 5.91 Å². The number of amides is 1. The molecular weight excluding hydrogens is 332 g/mol. The van der Waals surface area contributed by atoms with E-state index in [-0.39, 0.29) is 23.6 Å². The molecule has 2 atom stereocenters. The number of nitrogens with zero attached hydrogens (tertiary/aromatic N) is 1. The van der Waals surface area contributed by atoms with Crippen LogP contribution in [0.3, 0.4) is 0 Å². The molecule has 1 N–H and O–H groups in total. The Balaban J connectivity index is 2.06. The first-order valence-electron chi connectivity index (χ1n) is 7.68. The number of hydrogen-bond acceptors (Lipinski definition) is 5. The third-order valence-corrected chi connectivity index (χ3v) is 6.12. The van der Waals surface area contributed by atoms with Crippen LogP contribution in [0, 0.1) is 12.8 Å². The first kappa shape index (κ1) is 18.7. The summed E-state index contributed by atoms with van der Waals surface area (Å²) in [7, 11) is 1.23. The van der Waals surface area contributed by atoms with Crippen molar-refractivity contribution in [3.8, 4) is 5.75 Å². The Hall–Kier alpha value is -1.64. The molecule has 1 fully saturated rings. The van der Waals surface area contributed by atoms with E-state index >= 15 is 0 Å². The third-order valence-electron chi connectivity index (χ3n) is 4.15. The number of aryl methyl sites for hydroxylation is 1. The summed E-state index contributed by atoms with van der Waals surface area (Å²) in [5.74, 6) is 0.155. The predicted molar refractivity (Wildman–Crippen MR) is 90.8 cm³/mol. The summed E-state index contributed by atoms with van der Waals surface area (Å²) < 4.78 is 35.8. The largest absolute Gasteiger partial charge is 0.496 e. The molecule has 8 heteroatoms. The molecule has 134 valence electrons. The molecule has 1 aliphatic heterocycles. The number of ether oxygens (including phenoxy) is 2. The highest BCUT2D eigenvalue weighted by atomic mass is 32.2. The molecule has 1 amide bonds. The molecule has 1 aromatic carbocycles. The van der Waals surface area contributed by atoms with Crippen LogP contribution in [0.5, 0.6) is 5.75 Å². The van der Waals surface area contributed by atoms with Crippen molar-refractivity contribution in [1.29, 1.82) is 0 Å². The van der Waals surface area contributed by atoms with Crippen molar-refractivity contribution in [2.24, 2.45) is 5.92 Å².